The van der Waals surface area contributed by atoms with Gasteiger partial charge in [0.25, 0.3) is 5.91 Å². The molecule has 0 radical (unpaired) electrons. The van der Waals surface area contributed by atoms with E-state index in [4.69, 9.17) is 24.2 Å². The number of likely N-dealkylation sites (tertiary alicyclic amines) is 1. The number of amides is 3. The van der Waals surface area contributed by atoms with Gasteiger partial charge in [-0.3, -0.25) is 9.48 Å². The smallest absolute Gasteiger partial charge is 0.407 e. The number of carboxylic acid groups (broad SMARTS) is 1. The Morgan fingerprint density at radius 1 is 0.702 bits per heavy atom. The summed E-state index contributed by atoms with van der Waals surface area (Å²) in [6.07, 6.45) is -1.41. The minimum absolute atomic E-state index is 0. The molecule has 4 aliphatic rings. The Labute approximate surface area is 496 Å². The van der Waals surface area contributed by atoms with Crippen LogP contribution in [0.3, 0.4) is 0 Å². The Kier molecular flexibility index (Phi) is 17.5. The summed E-state index contributed by atoms with van der Waals surface area (Å²) in [7, 11) is 1.77. The highest BCUT2D eigenvalue weighted by Gasteiger charge is 2.59. The molecule has 2 saturated heterocycles. The number of hydrogen-bond acceptors (Lipinski definition) is 12. The maximum Gasteiger partial charge on any atom is 0.407 e. The maximum atomic E-state index is 13.8. The minimum atomic E-state index is -0.968. The first-order valence-electron chi connectivity index (χ1n) is 27.7. The summed E-state index contributed by atoms with van der Waals surface area (Å²) < 4.78 is 47.1. The van der Waals surface area contributed by atoms with Crippen LogP contribution in [0.25, 0.3) is 33.9 Å². The Bertz CT molecular complexity index is 3580. The van der Waals surface area contributed by atoms with Crippen LogP contribution in [0.15, 0.2) is 150 Å². The van der Waals surface area contributed by atoms with Gasteiger partial charge >= 0.3 is 12.2 Å². The predicted molar refractivity (Wildman–Crippen MR) is 318 cm³/mol. The number of carbonyl (C=O) groups excluding carboxylic acids is 2. The molecule has 0 spiro atoms. The number of nitrogens with one attached hydrogen (secondary N) is 2. The third kappa shape index (κ3) is 13.7. The lowest BCUT2D eigenvalue weighted by molar-refractivity contribution is 0.0740. The summed E-state index contributed by atoms with van der Waals surface area (Å²) in [5.41, 5.74) is 9.15. The highest BCUT2D eigenvalue weighted by Crippen LogP contribution is 2.49. The average molecular weight is 1180 g/mol. The molecule has 6 heterocycles. The zero-order valence-electron chi connectivity index (χ0n) is 47.2. The standard InChI is InChI=1S/C36H35FN6O4S.C28H30FN3O3.ClH/c1-36(2,20-38-35(45)46-18-22-7-5-4-6-8-22)24-13-28(23-9-11-25(37)12-10-23)40-32(14-24)47-33-26-16-43(17-27(26)33)34(44)31-15-29(41-42(31)3)30-19-48-21-39-30;1-28(2,17-32(27(33)34)16-18-6-4-3-5-7-18)20-12-24(19-8-10-21(29)11-9-19)31-25(13-20)35-26-22-14-30-15-23(22)26;/h4-15,19,21,26-27,33H,16-18,20H2,1-3H3,(H,38,45);3-13,22-23,26,30H,14-17H2,1-2H3,(H,33,34);1H/t26-,27+,33?;22-,23+,26?;. The number of thiazole rings is 1. The number of fused-ring (bicyclic) bond motifs is 2. The van der Waals surface area contributed by atoms with Crippen LogP contribution in [0.5, 0.6) is 11.8 Å². The number of alkyl carbamates (subject to hydrolysis) is 1. The van der Waals surface area contributed by atoms with Crippen LogP contribution in [-0.2, 0) is 35.8 Å². The van der Waals surface area contributed by atoms with Crippen LogP contribution in [0.4, 0.5) is 18.4 Å². The van der Waals surface area contributed by atoms with Crippen LogP contribution in [0, 0.1) is 35.3 Å². The van der Waals surface area contributed by atoms with Crippen molar-refractivity contribution in [2.24, 2.45) is 30.7 Å². The van der Waals surface area contributed by atoms with E-state index in [-0.39, 0.29) is 60.6 Å². The molecule has 3 amide bonds. The van der Waals surface area contributed by atoms with Gasteiger partial charge in [-0.05, 0) is 89.0 Å². The molecule has 4 fully saturated rings. The van der Waals surface area contributed by atoms with E-state index in [9.17, 15) is 28.3 Å². The fourth-order valence-corrected chi connectivity index (χ4v) is 11.6. The summed E-state index contributed by atoms with van der Waals surface area (Å²) in [5, 5.41) is 22.6. The van der Waals surface area contributed by atoms with Crippen LogP contribution in [0.1, 0.15) is 60.4 Å². The first-order chi connectivity index (χ1) is 39.9. The van der Waals surface area contributed by atoms with E-state index in [0.29, 0.717) is 79.1 Å². The Morgan fingerprint density at radius 2 is 1.24 bits per heavy atom. The van der Waals surface area contributed by atoms with E-state index in [0.717, 1.165) is 52.2 Å². The molecule has 2 saturated carbocycles. The lowest BCUT2D eigenvalue weighted by atomic mass is 9.83. The largest absolute Gasteiger partial charge is 0.474 e. The number of ether oxygens (including phenoxy) is 3. The fraction of sp³-hybridized carbons (Fsp3) is 0.328. The van der Waals surface area contributed by atoms with Gasteiger partial charge in [0.2, 0.25) is 11.8 Å². The zero-order valence-corrected chi connectivity index (χ0v) is 48.8. The van der Waals surface area contributed by atoms with E-state index < -0.39 is 23.0 Å². The molecule has 8 aromatic rings. The molecule has 20 heteroatoms. The lowest BCUT2D eigenvalue weighted by Gasteiger charge is -2.32. The highest BCUT2D eigenvalue weighted by molar-refractivity contribution is 7.07. The topological polar surface area (TPSA) is 186 Å². The summed E-state index contributed by atoms with van der Waals surface area (Å²) in [5.74, 6) is 1.67. The van der Waals surface area contributed by atoms with Crippen molar-refractivity contribution in [2.75, 3.05) is 39.3 Å². The Balaban J connectivity index is 0.000000194. The molecule has 0 bridgehead atoms. The minimum Gasteiger partial charge on any atom is -0.474 e. The molecule has 436 valence electrons. The number of aryl methyl sites for hydroxylation is 1. The number of rotatable bonds is 18. The second-order valence-corrected chi connectivity index (χ2v) is 23.8. The van der Waals surface area contributed by atoms with Crippen molar-refractivity contribution in [1.82, 2.24) is 45.2 Å². The van der Waals surface area contributed by atoms with Crippen molar-refractivity contribution in [1.29, 1.82) is 0 Å². The van der Waals surface area contributed by atoms with Crippen molar-refractivity contribution in [3.63, 3.8) is 0 Å². The number of aromatic nitrogens is 5. The fourth-order valence-electron chi connectivity index (χ4n) is 11.1. The van der Waals surface area contributed by atoms with Gasteiger partial charge in [0.15, 0.2) is 0 Å². The van der Waals surface area contributed by atoms with Gasteiger partial charge in [-0.15, -0.1) is 23.7 Å². The SMILES string of the molecule is CC(C)(CN(Cc1ccccc1)C(=O)O)c1cc(OC2[C@H]3CNC[C@@H]23)nc(-c2ccc(F)cc2)c1.Cl.Cn1nc(-c2cscn2)cc1C(=O)N1C[C@@H]2C(Oc3cc(C(C)(C)CNC(=O)OCc4ccccc4)cc(-c4ccc(F)cc4)n3)[C@@H]2C1. The first kappa shape index (κ1) is 58.9. The second kappa shape index (κ2) is 24.9. The zero-order chi connectivity index (χ0) is 58.0. The molecule has 3 N–H and O–H groups in total. The number of halogens is 3. The third-order valence-electron chi connectivity index (χ3n) is 16.1. The van der Waals surface area contributed by atoms with Crippen LogP contribution >= 0.6 is 23.7 Å². The van der Waals surface area contributed by atoms with Gasteiger partial charge in [-0.2, -0.15) is 5.10 Å². The second-order valence-electron chi connectivity index (χ2n) is 23.1. The van der Waals surface area contributed by atoms with Gasteiger partial charge in [-0.25, -0.2) is 33.3 Å². The summed E-state index contributed by atoms with van der Waals surface area (Å²) in [6.45, 7) is 12.2. The molecule has 6 atom stereocenters. The summed E-state index contributed by atoms with van der Waals surface area (Å²) >= 11 is 1.49. The van der Waals surface area contributed by atoms with Crippen molar-refractivity contribution < 1.29 is 42.5 Å². The number of nitrogens with zero attached hydrogens (tertiary/aromatic N) is 7. The number of piperidine rings is 2. The van der Waals surface area contributed by atoms with Crippen molar-refractivity contribution in [3.05, 3.63) is 190 Å². The molecule has 84 heavy (non-hydrogen) atoms. The molecule has 12 rings (SSSR count). The quantitative estimate of drug-likeness (QED) is 0.0739. The van der Waals surface area contributed by atoms with E-state index >= 15 is 0 Å². The molecule has 4 aromatic heterocycles. The van der Waals surface area contributed by atoms with Gasteiger partial charge < -0.3 is 39.8 Å². The number of benzene rings is 4. The maximum absolute atomic E-state index is 13.8. The summed E-state index contributed by atoms with van der Waals surface area (Å²) in [4.78, 5) is 55.2. The number of carbonyl (C=O) groups is 3. The lowest BCUT2D eigenvalue weighted by Crippen LogP contribution is -2.39. The van der Waals surface area contributed by atoms with Crippen LogP contribution < -0.4 is 20.1 Å². The Morgan fingerprint density at radius 3 is 1.77 bits per heavy atom. The third-order valence-corrected chi connectivity index (χ3v) is 16.7. The molecule has 2 aliphatic heterocycles. The molecule has 4 aromatic carbocycles. The monoisotopic (exact) mass is 1180 g/mol. The number of pyridine rings is 2. The normalized spacial score (nSPS) is 19.2. The predicted octanol–water partition coefficient (Wildman–Crippen LogP) is 11.5. The Hall–Kier alpha value is -8.26. The molecular weight excluding hydrogens is 1110 g/mol. The van der Waals surface area contributed by atoms with Crippen molar-refractivity contribution in [3.8, 4) is 45.7 Å². The van der Waals surface area contributed by atoms with Crippen molar-refractivity contribution in [2.45, 2.75) is 63.9 Å². The molecule has 2 unspecified atom stereocenters. The van der Waals surface area contributed by atoms with Crippen molar-refractivity contribution >= 4 is 41.8 Å². The van der Waals surface area contributed by atoms with E-state index in [1.54, 1.807) is 47.6 Å². The van der Waals surface area contributed by atoms with E-state index in [1.165, 1.54) is 40.5 Å². The van der Waals surface area contributed by atoms with Gasteiger partial charge in [0.1, 0.15) is 47.5 Å². The first-order valence-corrected chi connectivity index (χ1v) is 28.7. The van der Waals surface area contributed by atoms with Crippen LogP contribution in [0.2, 0.25) is 0 Å². The van der Waals surface area contributed by atoms with E-state index in [2.05, 4.69) is 20.7 Å². The van der Waals surface area contributed by atoms with Gasteiger partial charge in [0, 0.05) is 116 Å². The summed E-state index contributed by atoms with van der Waals surface area (Å²) in [6, 6.07) is 41.0. The van der Waals surface area contributed by atoms with Crippen LogP contribution in [-0.4, -0.2) is 109 Å². The molecular formula is C64H66ClF2N9O7S. The van der Waals surface area contributed by atoms with Gasteiger partial charge in [-0.1, -0.05) is 88.4 Å². The average Bonchev–Trinajstić information content (AvgIpc) is 2.05. The highest BCUT2D eigenvalue weighted by atomic mass is 35.5. The number of hydrogen-bond donors (Lipinski definition) is 3. The van der Waals surface area contributed by atoms with E-state index in [1.807, 2.05) is 123 Å². The van der Waals surface area contributed by atoms with Gasteiger partial charge in [0.05, 0.1) is 16.9 Å². The molecule has 2 aliphatic carbocycles. The molecule has 16 nitrogen and oxygen atoms in total.